The predicted molar refractivity (Wildman–Crippen MR) is 73.8 cm³/mol. The predicted octanol–water partition coefficient (Wildman–Crippen LogP) is -1.63. The highest BCUT2D eigenvalue weighted by Crippen LogP contribution is 2.13. The zero-order chi connectivity index (χ0) is 15.5. The van der Waals surface area contributed by atoms with Crippen molar-refractivity contribution in [1.29, 1.82) is 0 Å². The van der Waals surface area contributed by atoms with Crippen molar-refractivity contribution in [2.75, 3.05) is 19.8 Å². The molecule has 0 fully saturated rings. The summed E-state index contributed by atoms with van der Waals surface area (Å²) >= 11 is 0. The molecule has 0 radical (unpaired) electrons. The van der Waals surface area contributed by atoms with Crippen LogP contribution in [0.2, 0.25) is 0 Å². The number of benzene rings is 1. The molecule has 8 heteroatoms. The minimum atomic E-state index is -1.56. The number of fused-ring (bicyclic) bond motifs is 1. The fourth-order valence-electron chi connectivity index (χ4n) is 1.86. The number of nitrogens with zero attached hydrogens (tertiary/aromatic N) is 1. The zero-order valence-corrected chi connectivity index (χ0v) is 11.0. The van der Waals surface area contributed by atoms with E-state index in [1.807, 2.05) is 0 Å². The zero-order valence-electron chi connectivity index (χ0n) is 11.0. The monoisotopic (exact) mass is 293 g/mol. The van der Waals surface area contributed by atoms with Crippen LogP contribution in [0.5, 0.6) is 0 Å². The van der Waals surface area contributed by atoms with E-state index in [-0.39, 0.29) is 5.69 Å². The Balaban J connectivity index is 2.45. The Morgan fingerprint density at radius 2 is 1.71 bits per heavy atom. The molecule has 2 aromatic rings. The lowest BCUT2D eigenvalue weighted by Crippen LogP contribution is -2.57. The Hall–Kier alpha value is -2.29. The summed E-state index contributed by atoms with van der Waals surface area (Å²) in [5, 5.41) is 36.5. The van der Waals surface area contributed by atoms with Crippen LogP contribution in [-0.2, 0) is 0 Å². The average Bonchev–Trinajstić information content (AvgIpc) is 2.53. The summed E-state index contributed by atoms with van der Waals surface area (Å²) in [4.78, 5) is 23.9. The van der Waals surface area contributed by atoms with Crippen LogP contribution in [0.4, 0.5) is 0 Å². The molecule has 0 aliphatic carbocycles. The number of carbonyl (C=O) groups excluding carboxylic acids is 1. The van der Waals surface area contributed by atoms with Crippen LogP contribution in [0.25, 0.3) is 10.8 Å². The standard InChI is InChI=1S/C13H15N3O5/c17-5-13(6-18,7-19)14-12(21)10-8-3-1-2-4-9(8)11(20)16-15-10/h1-4,17-19H,5-7H2,(H,14,21)(H,16,20). The molecule has 0 unspecified atom stereocenters. The summed E-state index contributed by atoms with van der Waals surface area (Å²) < 4.78 is 0. The van der Waals surface area contributed by atoms with E-state index in [1.165, 1.54) is 0 Å². The molecule has 1 aromatic heterocycles. The number of carbonyl (C=O) groups is 1. The van der Waals surface area contributed by atoms with E-state index in [9.17, 15) is 24.9 Å². The Kier molecular flexibility index (Phi) is 4.32. The minimum absolute atomic E-state index is 0.0649. The summed E-state index contributed by atoms with van der Waals surface area (Å²) in [6, 6.07) is 6.41. The Labute approximate surface area is 119 Å². The van der Waals surface area contributed by atoms with Gasteiger partial charge in [0.25, 0.3) is 11.5 Å². The van der Waals surface area contributed by atoms with Gasteiger partial charge < -0.3 is 20.6 Å². The summed E-state index contributed by atoms with van der Waals surface area (Å²) in [5.74, 6) is -0.723. The lowest BCUT2D eigenvalue weighted by Gasteiger charge is -2.28. The quantitative estimate of drug-likeness (QED) is 0.449. The maximum atomic E-state index is 12.2. The fourth-order valence-corrected chi connectivity index (χ4v) is 1.86. The SMILES string of the molecule is O=C(NC(CO)(CO)CO)c1n[nH]c(=O)c2ccccc12. The van der Waals surface area contributed by atoms with E-state index in [4.69, 9.17) is 0 Å². The van der Waals surface area contributed by atoms with Crippen LogP contribution in [0.1, 0.15) is 10.5 Å². The number of H-pyrrole nitrogens is 1. The molecule has 21 heavy (non-hydrogen) atoms. The first-order valence-corrected chi connectivity index (χ1v) is 6.19. The summed E-state index contributed by atoms with van der Waals surface area (Å²) in [6.07, 6.45) is 0. The molecule has 0 spiro atoms. The van der Waals surface area contributed by atoms with E-state index < -0.39 is 36.8 Å². The molecule has 2 rings (SSSR count). The van der Waals surface area contributed by atoms with Gasteiger partial charge in [-0.3, -0.25) is 9.59 Å². The second-order valence-electron chi connectivity index (χ2n) is 4.66. The Bertz CT molecular complexity index is 700. The molecule has 1 aromatic carbocycles. The minimum Gasteiger partial charge on any atom is -0.394 e. The smallest absolute Gasteiger partial charge is 0.273 e. The molecule has 5 N–H and O–H groups in total. The topological polar surface area (TPSA) is 136 Å². The van der Waals surface area contributed by atoms with Crippen LogP contribution < -0.4 is 10.9 Å². The molecule has 112 valence electrons. The third-order valence-electron chi connectivity index (χ3n) is 3.20. The number of hydrogen-bond acceptors (Lipinski definition) is 6. The number of nitrogens with one attached hydrogen (secondary N) is 2. The Morgan fingerprint density at radius 1 is 1.14 bits per heavy atom. The number of aromatic amines is 1. The van der Waals surface area contributed by atoms with Gasteiger partial charge in [-0.05, 0) is 6.07 Å². The van der Waals surface area contributed by atoms with E-state index >= 15 is 0 Å². The summed E-state index contributed by atoms with van der Waals surface area (Å²) in [7, 11) is 0. The molecule has 0 bridgehead atoms. The molecule has 0 saturated heterocycles. The molecule has 0 aliphatic rings. The lowest BCUT2D eigenvalue weighted by atomic mass is 10.0. The van der Waals surface area contributed by atoms with Gasteiger partial charge in [-0.2, -0.15) is 5.10 Å². The van der Waals surface area contributed by atoms with Gasteiger partial charge in [0, 0.05) is 5.39 Å². The maximum absolute atomic E-state index is 12.2. The Morgan fingerprint density at radius 3 is 2.29 bits per heavy atom. The molecule has 8 nitrogen and oxygen atoms in total. The normalized spacial score (nSPS) is 11.6. The third kappa shape index (κ3) is 2.77. The number of hydrogen-bond donors (Lipinski definition) is 5. The first-order valence-electron chi connectivity index (χ1n) is 6.19. The highest BCUT2D eigenvalue weighted by atomic mass is 16.3. The molecule has 1 heterocycles. The molecule has 0 aliphatic heterocycles. The van der Waals surface area contributed by atoms with Gasteiger partial charge in [0.1, 0.15) is 5.54 Å². The fraction of sp³-hybridized carbons (Fsp3) is 0.308. The molecule has 1 amide bonds. The van der Waals surface area contributed by atoms with E-state index in [0.29, 0.717) is 10.8 Å². The van der Waals surface area contributed by atoms with Crippen molar-refractivity contribution in [1.82, 2.24) is 15.5 Å². The van der Waals surface area contributed by atoms with Gasteiger partial charge in [-0.1, -0.05) is 18.2 Å². The van der Waals surface area contributed by atoms with Crippen molar-refractivity contribution in [3.8, 4) is 0 Å². The second-order valence-corrected chi connectivity index (χ2v) is 4.66. The van der Waals surface area contributed by atoms with E-state index in [2.05, 4.69) is 15.5 Å². The van der Waals surface area contributed by atoms with Crippen LogP contribution in [0.3, 0.4) is 0 Å². The van der Waals surface area contributed by atoms with Gasteiger partial charge in [0.2, 0.25) is 0 Å². The van der Waals surface area contributed by atoms with Crippen LogP contribution in [0, 0.1) is 0 Å². The van der Waals surface area contributed by atoms with Gasteiger partial charge in [-0.25, -0.2) is 5.10 Å². The largest absolute Gasteiger partial charge is 0.394 e. The molecule has 0 atom stereocenters. The first-order chi connectivity index (χ1) is 10.1. The second kappa shape index (κ2) is 6.00. The average molecular weight is 293 g/mol. The van der Waals surface area contributed by atoms with Crippen molar-refractivity contribution >= 4 is 16.7 Å². The number of amides is 1. The van der Waals surface area contributed by atoms with E-state index in [1.54, 1.807) is 24.3 Å². The van der Waals surface area contributed by atoms with Gasteiger partial charge in [0.05, 0.1) is 25.2 Å². The van der Waals surface area contributed by atoms with Crippen molar-refractivity contribution < 1.29 is 20.1 Å². The summed E-state index contributed by atoms with van der Waals surface area (Å²) in [5.41, 5.74) is -2.06. The number of aromatic nitrogens is 2. The van der Waals surface area contributed by atoms with Gasteiger partial charge >= 0.3 is 0 Å². The van der Waals surface area contributed by atoms with Crippen molar-refractivity contribution in [3.05, 3.63) is 40.3 Å². The van der Waals surface area contributed by atoms with Crippen molar-refractivity contribution in [2.45, 2.75) is 5.54 Å². The summed E-state index contributed by atoms with van der Waals surface area (Å²) in [6.45, 7) is -1.94. The van der Waals surface area contributed by atoms with Crippen molar-refractivity contribution in [3.63, 3.8) is 0 Å². The van der Waals surface area contributed by atoms with Crippen LogP contribution >= 0.6 is 0 Å². The molecular weight excluding hydrogens is 278 g/mol. The number of aliphatic hydroxyl groups is 3. The highest BCUT2D eigenvalue weighted by Gasteiger charge is 2.31. The van der Waals surface area contributed by atoms with Gasteiger partial charge in [-0.15, -0.1) is 0 Å². The van der Waals surface area contributed by atoms with Crippen molar-refractivity contribution in [2.24, 2.45) is 0 Å². The van der Waals surface area contributed by atoms with Crippen LogP contribution in [0.15, 0.2) is 29.1 Å². The third-order valence-corrected chi connectivity index (χ3v) is 3.20. The highest BCUT2D eigenvalue weighted by molar-refractivity contribution is 6.05. The maximum Gasteiger partial charge on any atom is 0.273 e. The lowest BCUT2D eigenvalue weighted by molar-refractivity contribution is 0.0373. The molecular formula is C13H15N3O5. The molecule has 0 saturated carbocycles. The number of aliphatic hydroxyl groups excluding tert-OH is 3. The first kappa shape index (κ1) is 15.1. The van der Waals surface area contributed by atoms with Crippen LogP contribution in [-0.4, -0.2) is 56.8 Å². The number of rotatable bonds is 5. The van der Waals surface area contributed by atoms with Gasteiger partial charge in [0.15, 0.2) is 5.69 Å². The van der Waals surface area contributed by atoms with E-state index in [0.717, 1.165) is 0 Å².